The van der Waals surface area contributed by atoms with Crippen LogP contribution in [0.3, 0.4) is 0 Å². The van der Waals surface area contributed by atoms with Crippen LogP contribution in [-0.2, 0) is 30.7 Å². The van der Waals surface area contributed by atoms with E-state index in [1.165, 1.54) is 36.9 Å². The van der Waals surface area contributed by atoms with Crippen molar-refractivity contribution in [3.63, 3.8) is 0 Å². The highest BCUT2D eigenvalue weighted by Gasteiger charge is 2.22. The molecule has 0 aliphatic heterocycles. The highest BCUT2D eigenvalue weighted by atomic mass is 16.5. The second-order valence-electron chi connectivity index (χ2n) is 6.31. The third-order valence-electron chi connectivity index (χ3n) is 4.56. The van der Waals surface area contributed by atoms with Crippen molar-refractivity contribution >= 4 is 0 Å². The lowest BCUT2D eigenvalue weighted by atomic mass is 9.94. The largest absolute Gasteiger partial charge is 0.385 e. The van der Waals surface area contributed by atoms with E-state index in [1.54, 1.807) is 7.11 Å². The molecule has 1 saturated carbocycles. The van der Waals surface area contributed by atoms with E-state index in [9.17, 15) is 4.79 Å². The van der Waals surface area contributed by atoms with Crippen LogP contribution in [0.4, 0.5) is 0 Å². The number of ether oxygens (including phenoxy) is 1. The highest BCUT2D eigenvalue weighted by Crippen LogP contribution is 2.22. The van der Waals surface area contributed by atoms with Gasteiger partial charge in [0, 0.05) is 44.1 Å². The first-order chi connectivity index (χ1) is 10.3. The lowest BCUT2D eigenvalue weighted by Crippen LogP contribution is -2.32. The number of fused-ring (bicyclic) bond motifs is 1. The topological polar surface area (TPSA) is 43.3 Å². The SMILES string of the molecule is COCCCn1c2c(cc(CNC3CC3)c1=O)CCCC2. The zero-order chi connectivity index (χ0) is 14.7. The lowest BCUT2D eigenvalue weighted by molar-refractivity contribution is 0.189. The smallest absolute Gasteiger partial charge is 0.255 e. The summed E-state index contributed by atoms with van der Waals surface area (Å²) in [5, 5.41) is 3.48. The number of aromatic nitrogens is 1. The van der Waals surface area contributed by atoms with Crippen LogP contribution in [0, 0.1) is 0 Å². The Bertz CT molecular complexity index is 546. The molecule has 0 radical (unpaired) electrons. The van der Waals surface area contributed by atoms with Crippen molar-refractivity contribution in [3.05, 3.63) is 33.2 Å². The molecule has 0 aromatic carbocycles. The summed E-state index contributed by atoms with van der Waals surface area (Å²) in [6, 6.07) is 2.81. The first-order valence-corrected chi connectivity index (χ1v) is 8.26. The molecule has 0 saturated heterocycles. The molecule has 1 heterocycles. The third kappa shape index (κ3) is 3.55. The van der Waals surface area contributed by atoms with Crippen LogP contribution < -0.4 is 10.9 Å². The average molecular weight is 290 g/mol. The molecule has 1 aromatic rings. The summed E-state index contributed by atoms with van der Waals surface area (Å²) in [5.41, 5.74) is 3.82. The molecule has 4 heteroatoms. The number of pyridine rings is 1. The van der Waals surface area contributed by atoms with Crippen LogP contribution in [0.5, 0.6) is 0 Å². The van der Waals surface area contributed by atoms with E-state index in [1.807, 2.05) is 4.57 Å². The molecule has 0 atom stereocenters. The Morgan fingerprint density at radius 3 is 2.90 bits per heavy atom. The van der Waals surface area contributed by atoms with Gasteiger partial charge >= 0.3 is 0 Å². The van der Waals surface area contributed by atoms with Crippen molar-refractivity contribution in [1.29, 1.82) is 0 Å². The van der Waals surface area contributed by atoms with Gasteiger partial charge in [0.1, 0.15) is 0 Å². The van der Waals surface area contributed by atoms with Crippen LogP contribution in [0.15, 0.2) is 10.9 Å². The molecule has 116 valence electrons. The van der Waals surface area contributed by atoms with Crippen molar-refractivity contribution in [3.8, 4) is 0 Å². The van der Waals surface area contributed by atoms with Crippen LogP contribution in [0.2, 0.25) is 0 Å². The van der Waals surface area contributed by atoms with Gasteiger partial charge in [0.15, 0.2) is 0 Å². The van der Waals surface area contributed by atoms with Crippen LogP contribution in [-0.4, -0.2) is 24.3 Å². The number of rotatable bonds is 7. The molecule has 1 fully saturated rings. The van der Waals surface area contributed by atoms with Crippen molar-refractivity contribution in [2.24, 2.45) is 0 Å². The molecular weight excluding hydrogens is 264 g/mol. The normalized spacial score (nSPS) is 17.8. The molecule has 0 spiro atoms. The van der Waals surface area contributed by atoms with E-state index in [2.05, 4.69) is 11.4 Å². The molecule has 2 aliphatic rings. The Labute approximate surface area is 126 Å². The molecule has 21 heavy (non-hydrogen) atoms. The minimum absolute atomic E-state index is 0.208. The minimum atomic E-state index is 0.208. The van der Waals surface area contributed by atoms with E-state index in [-0.39, 0.29) is 5.56 Å². The summed E-state index contributed by atoms with van der Waals surface area (Å²) in [6.45, 7) is 2.22. The summed E-state index contributed by atoms with van der Waals surface area (Å²) in [7, 11) is 1.72. The number of nitrogens with one attached hydrogen (secondary N) is 1. The van der Waals surface area contributed by atoms with E-state index in [0.717, 1.165) is 37.9 Å². The second-order valence-corrected chi connectivity index (χ2v) is 6.31. The predicted octanol–water partition coefficient (Wildman–Crippen LogP) is 2.02. The van der Waals surface area contributed by atoms with Crippen LogP contribution >= 0.6 is 0 Å². The summed E-state index contributed by atoms with van der Waals surface area (Å²) >= 11 is 0. The van der Waals surface area contributed by atoms with Crippen molar-refractivity contribution in [1.82, 2.24) is 9.88 Å². The number of nitrogens with zero attached hydrogens (tertiary/aromatic N) is 1. The van der Waals surface area contributed by atoms with Gasteiger partial charge in [0.25, 0.3) is 5.56 Å². The van der Waals surface area contributed by atoms with Gasteiger partial charge in [0.05, 0.1) is 0 Å². The Morgan fingerprint density at radius 2 is 2.14 bits per heavy atom. The van der Waals surface area contributed by atoms with Crippen LogP contribution in [0.25, 0.3) is 0 Å². The standard InChI is InChI=1S/C17H26N2O2/c1-21-10-4-9-19-16-6-3-2-5-13(16)11-14(17(19)20)12-18-15-7-8-15/h11,15,18H,2-10,12H2,1H3. The van der Waals surface area contributed by atoms with Gasteiger partial charge in [-0.15, -0.1) is 0 Å². The summed E-state index contributed by atoms with van der Waals surface area (Å²) in [6.07, 6.45) is 8.04. The zero-order valence-corrected chi connectivity index (χ0v) is 13.0. The Hall–Kier alpha value is -1.13. The van der Waals surface area contributed by atoms with Gasteiger partial charge < -0.3 is 14.6 Å². The van der Waals surface area contributed by atoms with Crippen molar-refractivity contribution in [2.75, 3.05) is 13.7 Å². The predicted molar refractivity (Wildman–Crippen MR) is 83.7 cm³/mol. The van der Waals surface area contributed by atoms with Gasteiger partial charge in [-0.2, -0.15) is 0 Å². The molecule has 2 aliphatic carbocycles. The summed E-state index contributed by atoms with van der Waals surface area (Å²) < 4.78 is 7.16. The lowest BCUT2D eigenvalue weighted by Gasteiger charge is -2.22. The van der Waals surface area contributed by atoms with E-state index in [4.69, 9.17) is 4.74 Å². The summed E-state index contributed by atoms with van der Waals surface area (Å²) in [4.78, 5) is 12.8. The second kappa shape index (κ2) is 6.75. The number of hydrogen-bond acceptors (Lipinski definition) is 3. The van der Waals surface area contributed by atoms with Gasteiger partial charge in [-0.05, 0) is 56.6 Å². The van der Waals surface area contributed by atoms with Gasteiger partial charge in [-0.25, -0.2) is 0 Å². The van der Waals surface area contributed by atoms with Crippen molar-refractivity contribution in [2.45, 2.75) is 64.1 Å². The molecule has 0 bridgehead atoms. The Balaban J connectivity index is 1.85. The molecular formula is C17H26N2O2. The number of aryl methyl sites for hydroxylation is 1. The summed E-state index contributed by atoms with van der Waals surface area (Å²) in [5.74, 6) is 0. The quantitative estimate of drug-likeness (QED) is 0.781. The van der Waals surface area contributed by atoms with E-state index < -0.39 is 0 Å². The maximum absolute atomic E-state index is 12.8. The van der Waals surface area contributed by atoms with E-state index in [0.29, 0.717) is 12.6 Å². The molecule has 3 rings (SSSR count). The van der Waals surface area contributed by atoms with E-state index >= 15 is 0 Å². The fourth-order valence-electron chi connectivity index (χ4n) is 3.22. The number of hydrogen-bond donors (Lipinski definition) is 1. The molecule has 0 amide bonds. The van der Waals surface area contributed by atoms with Crippen LogP contribution in [0.1, 0.15) is 48.9 Å². The average Bonchev–Trinajstić information content (AvgIpc) is 3.32. The highest BCUT2D eigenvalue weighted by molar-refractivity contribution is 5.29. The van der Waals surface area contributed by atoms with Gasteiger partial charge in [0.2, 0.25) is 0 Å². The minimum Gasteiger partial charge on any atom is -0.385 e. The maximum atomic E-state index is 12.8. The third-order valence-corrected chi connectivity index (χ3v) is 4.56. The molecule has 1 aromatic heterocycles. The molecule has 4 nitrogen and oxygen atoms in total. The first-order valence-electron chi connectivity index (χ1n) is 8.26. The fraction of sp³-hybridized carbons (Fsp3) is 0.706. The monoisotopic (exact) mass is 290 g/mol. The number of methoxy groups -OCH3 is 1. The maximum Gasteiger partial charge on any atom is 0.255 e. The Morgan fingerprint density at radius 1 is 1.33 bits per heavy atom. The van der Waals surface area contributed by atoms with Gasteiger partial charge in [-0.1, -0.05) is 0 Å². The molecule has 1 N–H and O–H groups in total. The zero-order valence-electron chi connectivity index (χ0n) is 13.0. The fourth-order valence-corrected chi connectivity index (χ4v) is 3.22. The van der Waals surface area contributed by atoms with Crippen molar-refractivity contribution < 1.29 is 4.74 Å². The molecule has 0 unspecified atom stereocenters. The first kappa shape index (κ1) is 14.8. The van der Waals surface area contributed by atoms with Gasteiger partial charge in [-0.3, -0.25) is 4.79 Å². The Kier molecular flexibility index (Phi) is 4.76.